The van der Waals surface area contributed by atoms with E-state index in [-0.39, 0.29) is 6.10 Å². The van der Waals surface area contributed by atoms with E-state index < -0.39 is 0 Å². The molecule has 1 unspecified atom stereocenters. The summed E-state index contributed by atoms with van der Waals surface area (Å²) in [4.78, 5) is 4.41. The van der Waals surface area contributed by atoms with Gasteiger partial charge in [0.1, 0.15) is 11.9 Å². The first-order chi connectivity index (χ1) is 10.3. The van der Waals surface area contributed by atoms with Crippen LogP contribution < -0.4 is 4.74 Å². The molecule has 0 fully saturated rings. The van der Waals surface area contributed by atoms with E-state index in [1.165, 1.54) is 0 Å². The van der Waals surface area contributed by atoms with Crippen molar-refractivity contribution in [2.45, 2.75) is 26.9 Å². The predicted octanol–water partition coefficient (Wildman–Crippen LogP) is 5.28. The average Bonchev–Trinajstić information content (AvgIpc) is 2.54. The summed E-state index contributed by atoms with van der Waals surface area (Å²) in [6, 6.07) is 18.2. The van der Waals surface area contributed by atoms with Gasteiger partial charge in [-0.25, -0.2) is 0 Å². The predicted molar refractivity (Wildman–Crippen MR) is 89.7 cm³/mol. The summed E-state index contributed by atoms with van der Waals surface area (Å²) in [6.07, 6.45) is 3.79. The molecule has 108 valence electrons. The third kappa shape index (κ3) is 3.82. The number of allylic oxidation sites excluding steroid dienone is 1. The van der Waals surface area contributed by atoms with Crippen LogP contribution in [0.5, 0.6) is 5.75 Å². The molecule has 2 rings (SSSR count). The summed E-state index contributed by atoms with van der Waals surface area (Å²) in [5, 5.41) is 0. The first kappa shape index (κ1) is 15.0. The lowest BCUT2D eigenvalue weighted by Crippen LogP contribution is -2.04. The van der Waals surface area contributed by atoms with E-state index in [0.29, 0.717) is 0 Å². The minimum atomic E-state index is -0.00365. The highest BCUT2D eigenvalue weighted by atomic mass is 16.5. The Hall–Kier alpha value is -2.35. The van der Waals surface area contributed by atoms with Crippen LogP contribution in [-0.2, 0) is 0 Å². The molecule has 2 aromatic rings. The van der Waals surface area contributed by atoms with Crippen molar-refractivity contribution >= 4 is 11.9 Å². The van der Waals surface area contributed by atoms with Crippen molar-refractivity contribution in [3.63, 3.8) is 0 Å². The highest BCUT2D eigenvalue weighted by Crippen LogP contribution is 2.30. The molecule has 2 heteroatoms. The van der Waals surface area contributed by atoms with E-state index in [2.05, 4.69) is 24.0 Å². The highest BCUT2D eigenvalue weighted by Gasteiger charge is 2.11. The van der Waals surface area contributed by atoms with Crippen molar-refractivity contribution < 1.29 is 4.74 Å². The molecule has 0 aromatic heterocycles. The first-order valence-corrected chi connectivity index (χ1v) is 7.22. The number of nitrogens with zero attached hydrogens (tertiary/aromatic N) is 1. The van der Waals surface area contributed by atoms with Gasteiger partial charge in [-0.15, -0.1) is 0 Å². The van der Waals surface area contributed by atoms with Gasteiger partial charge in [-0.05, 0) is 38.5 Å². The highest BCUT2D eigenvalue weighted by molar-refractivity contribution is 5.75. The lowest BCUT2D eigenvalue weighted by atomic mass is 10.1. The third-order valence-corrected chi connectivity index (χ3v) is 3.28. The molecule has 0 heterocycles. The Morgan fingerprint density at radius 1 is 1.00 bits per heavy atom. The van der Waals surface area contributed by atoms with Crippen LogP contribution in [-0.4, -0.2) is 6.21 Å². The van der Waals surface area contributed by atoms with Crippen LogP contribution >= 0.6 is 0 Å². The van der Waals surface area contributed by atoms with Gasteiger partial charge in [0.15, 0.2) is 0 Å². The fourth-order valence-corrected chi connectivity index (χ4v) is 2.20. The molecule has 2 aromatic carbocycles. The van der Waals surface area contributed by atoms with Crippen LogP contribution in [0.15, 0.2) is 65.7 Å². The number of benzene rings is 2. The maximum absolute atomic E-state index is 6.15. The normalized spacial score (nSPS) is 13.4. The van der Waals surface area contributed by atoms with E-state index in [1.807, 2.05) is 62.4 Å². The topological polar surface area (TPSA) is 21.6 Å². The van der Waals surface area contributed by atoms with Crippen molar-refractivity contribution in [2.24, 2.45) is 4.99 Å². The Morgan fingerprint density at radius 3 is 2.33 bits per heavy atom. The Bertz CT molecular complexity index is 629. The van der Waals surface area contributed by atoms with E-state index in [1.54, 1.807) is 6.21 Å². The van der Waals surface area contributed by atoms with Crippen LogP contribution in [0.2, 0.25) is 0 Å². The van der Waals surface area contributed by atoms with Gasteiger partial charge in [0, 0.05) is 11.8 Å². The van der Waals surface area contributed by atoms with Gasteiger partial charge in [0.25, 0.3) is 0 Å². The maximum Gasteiger partial charge on any atom is 0.129 e. The number of hydrogen-bond donors (Lipinski definition) is 0. The molecule has 0 bridgehead atoms. The quantitative estimate of drug-likeness (QED) is 0.682. The largest absolute Gasteiger partial charge is 0.485 e. The molecule has 0 radical (unpaired) electrons. The second kappa shape index (κ2) is 7.44. The number of aliphatic imine (C=N–C) groups is 1. The minimum absolute atomic E-state index is 0.00365. The smallest absolute Gasteiger partial charge is 0.129 e. The van der Waals surface area contributed by atoms with Gasteiger partial charge in [-0.2, -0.15) is 0 Å². The van der Waals surface area contributed by atoms with E-state index in [4.69, 9.17) is 4.74 Å². The van der Waals surface area contributed by atoms with Gasteiger partial charge in [0.05, 0.1) is 5.70 Å². The molecular weight excluding hydrogens is 258 g/mol. The molecule has 1 atom stereocenters. The van der Waals surface area contributed by atoms with Crippen molar-refractivity contribution in [1.29, 1.82) is 0 Å². The second-order valence-corrected chi connectivity index (χ2v) is 4.73. The number of hydrogen-bond acceptors (Lipinski definition) is 2. The van der Waals surface area contributed by atoms with Gasteiger partial charge < -0.3 is 4.74 Å². The molecular formula is C19H21NO. The summed E-state index contributed by atoms with van der Waals surface area (Å²) < 4.78 is 6.15. The average molecular weight is 279 g/mol. The molecule has 0 aliphatic heterocycles. The van der Waals surface area contributed by atoms with Crippen molar-refractivity contribution in [3.8, 4) is 5.75 Å². The zero-order valence-corrected chi connectivity index (χ0v) is 12.8. The van der Waals surface area contributed by atoms with Crippen LogP contribution in [0, 0.1) is 0 Å². The zero-order valence-electron chi connectivity index (χ0n) is 12.8. The van der Waals surface area contributed by atoms with Crippen molar-refractivity contribution in [1.82, 2.24) is 0 Å². The van der Waals surface area contributed by atoms with Gasteiger partial charge in [-0.1, -0.05) is 48.5 Å². The molecule has 0 saturated heterocycles. The van der Waals surface area contributed by atoms with Crippen LogP contribution in [0.25, 0.3) is 5.70 Å². The Morgan fingerprint density at radius 2 is 1.67 bits per heavy atom. The third-order valence-electron chi connectivity index (χ3n) is 3.28. The summed E-state index contributed by atoms with van der Waals surface area (Å²) in [6.45, 7) is 5.96. The molecule has 0 saturated carbocycles. The van der Waals surface area contributed by atoms with Gasteiger partial charge in [0.2, 0.25) is 0 Å². The number of rotatable bonds is 5. The molecule has 0 amide bonds. The van der Waals surface area contributed by atoms with E-state index in [9.17, 15) is 0 Å². The zero-order chi connectivity index (χ0) is 15.1. The molecule has 0 N–H and O–H groups in total. The second-order valence-electron chi connectivity index (χ2n) is 4.73. The summed E-state index contributed by atoms with van der Waals surface area (Å²) >= 11 is 0. The molecule has 21 heavy (non-hydrogen) atoms. The van der Waals surface area contributed by atoms with E-state index >= 15 is 0 Å². The SMILES string of the molecule is CC=N/C(=C\C)c1ccccc1OC(C)c1ccccc1. The van der Waals surface area contributed by atoms with Gasteiger partial charge in [-0.3, -0.25) is 4.99 Å². The number of ether oxygens (including phenoxy) is 1. The number of para-hydroxylation sites is 1. The van der Waals surface area contributed by atoms with Gasteiger partial charge >= 0.3 is 0 Å². The van der Waals surface area contributed by atoms with Crippen LogP contribution in [0.1, 0.15) is 38.0 Å². The molecule has 0 spiro atoms. The standard InChI is InChI=1S/C19H21NO/c1-4-18(20-5-2)17-13-9-10-14-19(17)21-15(3)16-11-7-6-8-12-16/h4-15H,1-3H3/b18-4-,20-5?. The summed E-state index contributed by atoms with van der Waals surface area (Å²) in [7, 11) is 0. The monoisotopic (exact) mass is 279 g/mol. The molecule has 0 aliphatic rings. The Labute approximate surface area is 126 Å². The Balaban J connectivity index is 2.29. The fourth-order valence-electron chi connectivity index (χ4n) is 2.20. The van der Waals surface area contributed by atoms with Crippen LogP contribution in [0.3, 0.4) is 0 Å². The summed E-state index contributed by atoms with van der Waals surface area (Å²) in [5.41, 5.74) is 3.10. The molecule has 0 aliphatic carbocycles. The fraction of sp³-hybridized carbons (Fsp3) is 0.211. The Kier molecular flexibility index (Phi) is 5.33. The van der Waals surface area contributed by atoms with Crippen LogP contribution in [0.4, 0.5) is 0 Å². The minimum Gasteiger partial charge on any atom is -0.485 e. The lowest BCUT2D eigenvalue weighted by molar-refractivity contribution is 0.226. The summed E-state index contributed by atoms with van der Waals surface area (Å²) in [5.74, 6) is 0.854. The maximum atomic E-state index is 6.15. The van der Waals surface area contributed by atoms with Crippen molar-refractivity contribution in [2.75, 3.05) is 0 Å². The molecule has 2 nitrogen and oxygen atoms in total. The van der Waals surface area contributed by atoms with Crippen molar-refractivity contribution in [3.05, 3.63) is 71.8 Å². The lowest BCUT2D eigenvalue weighted by Gasteiger charge is -2.18. The van der Waals surface area contributed by atoms with E-state index in [0.717, 1.165) is 22.6 Å². The first-order valence-electron chi connectivity index (χ1n) is 7.22.